The Morgan fingerprint density at radius 2 is 1.86 bits per heavy atom. The number of para-hydroxylation sites is 1. The predicted octanol–water partition coefficient (Wildman–Crippen LogP) is 1.80. The lowest BCUT2D eigenvalue weighted by Crippen LogP contribution is -3.06. The first-order valence-corrected chi connectivity index (χ1v) is 11.7. The quantitative estimate of drug-likeness (QED) is 0.663. The Bertz CT molecular complexity index is 1120. The number of likely N-dealkylation sites (N-methyl/N-ethyl adjacent to an activating group) is 1. The van der Waals surface area contributed by atoms with Gasteiger partial charge >= 0.3 is 0 Å². The number of rotatable bonds is 6. The van der Waals surface area contributed by atoms with E-state index >= 15 is 0 Å². The van der Waals surface area contributed by atoms with Crippen molar-refractivity contribution in [1.29, 1.82) is 0 Å². The number of nitrogens with one attached hydrogen (secondary N) is 1. The number of thiazole rings is 1. The molecule has 148 valence electrons. The summed E-state index contributed by atoms with van der Waals surface area (Å²) in [6.45, 7) is 3.14. The lowest BCUT2D eigenvalue weighted by molar-refractivity contribution is -0.856. The number of carbonyl (C=O) groups is 1. The lowest BCUT2D eigenvalue weighted by atomic mass is 10.2. The van der Waals surface area contributed by atoms with Crippen molar-refractivity contribution in [1.82, 2.24) is 4.98 Å². The molecule has 1 N–H and O–H groups in total. The topological polar surface area (TPSA) is 71.8 Å². The second-order valence-corrected chi connectivity index (χ2v) is 10.1. The van der Waals surface area contributed by atoms with Crippen molar-refractivity contribution < 1.29 is 18.1 Å². The van der Waals surface area contributed by atoms with Crippen LogP contribution in [0.3, 0.4) is 0 Å². The Labute approximate surface area is 169 Å². The highest BCUT2D eigenvalue weighted by Gasteiger charge is 2.26. The number of benzene rings is 2. The molecule has 1 amide bonds. The number of anilines is 1. The molecule has 0 atom stereocenters. The van der Waals surface area contributed by atoms with Crippen LogP contribution in [0.5, 0.6) is 0 Å². The van der Waals surface area contributed by atoms with Crippen LogP contribution in [0.4, 0.5) is 5.13 Å². The van der Waals surface area contributed by atoms with E-state index in [9.17, 15) is 13.2 Å². The summed E-state index contributed by atoms with van der Waals surface area (Å²) in [6.07, 6.45) is 1.12. The van der Waals surface area contributed by atoms with Crippen LogP contribution in [0.2, 0.25) is 0 Å². The molecule has 2 aromatic carbocycles. The Balaban J connectivity index is 2.10. The SMILES string of the molecule is Cc1cccc2sc(N(CC[NH+](C)C)C(=O)c3ccccc3S(C)(=O)=O)nc12. The summed E-state index contributed by atoms with van der Waals surface area (Å²) in [7, 11) is 0.493. The fraction of sp³-hybridized carbons (Fsp3) is 0.300. The third kappa shape index (κ3) is 4.24. The van der Waals surface area contributed by atoms with Gasteiger partial charge in [-0.25, -0.2) is 13.4 Å². The fourth-order valence-electron chi connectivity index (χ4n) is 2.92. The van der Waals surface area contributed by atoms with Crippen molar-refractivity contribution in [3.63, 3.8) is 0 Å². The van der Waals surface area contributed by atoms with E-state index in [1.807, 2.05) is 39.2 Å². The van der Waals surface area contributed by atoms with E-state index in [2.05, 4.69) is 0 Å². The highest BCUT2D eigenvalue weighted by atomic mass is 32.2. The van der Waals surface area contributed by atoms with Crippen LogP contribution in [0.25, 0.3) is 10.2 Å². The Hall–Kier alpha value is -2.29. The highest BCUT2D eigenvalue weighted by molar-refractivity contribution is 7.90. The number of amides is 1. The monoisotopic (exact) mass is 418 g/mol. The summed E-state index contributed by atoms with van der Waals surface area (Å²) in [6, 6.07) is 12.3. The van der Waals surface area contributed by atoms with Gasteiger partial charge in [0.15, 0.2) is 15.0 Å². The molecule has 0 aliphatic carbocycles. The van der Waals surface area contributed by atoms with Crippen molar-refractivity contribution in [2.75, 3.05) is 38.3 Å². The molecule has 0 aliphatic rings. The molecule has 3 aromatic rings. The lowest BCUT2D eigenvalue weighted by Gasteiger charge is -2.21. The molecule has 1 heterocycles. The zero-order chi connectivity index (χ0) is 20.5. The van der Waals surface area contributed by atoms with Gasteiger partial charge in [0.1, 0.15) is 0 Å². The van der Waals surface area contributed by atoms with Crippen LogP contribution in [0.15, 0.2) is 47.4 Å². The predicted molar refractivity (Wildman–Crippen MR) is 113 cm³/mol. The minimum atomic E-state index is -3.53. The van der Waals surface area contributed by atoms with Crippen LogP contribution in [-0.4, -0.2) is 52.7 Å². The average Bonchev–Trinajstić information content (AvgIpc) is 3.06. The van der Waals surface area contributed by atoms with Crippen LogP contribution >= 0.6 is 11.3 Å². The van der Waals surface area contributed by atoms with Gasteiger partial charge in [0.05, 0.1) is 47.9 Å². The van der Waals surface area contributed by atoms with Crippen molar-refractivity contribution in [3.05, 3.63) is 53.6 Å². The first kappa shape index (κ1) is 20.4. The Morgan fingerprint density at radius 3 is 2.50 bits per heavy atom. The molecule has 3 rings (SSSR count). The summed E-state index contributed by atoms with van der Waals surface area (Å²) in [5, 5.41) is 0.582. The first-order chi connectivity index (χ1) is 13.2. The standard InChI is InChI=1S/C20H23N3O3S2/c1-14-8-7-10-16-18(14)21-20(27-16)23(13-12-22(2)3)19(24)15-9-5-6-11-17(15)28(4,25)26/h5-11H,12-13H2,1-4H3/p+1. The number of fused-ring (bicyclic) bond motifs is 1. The Morgan fingerprint density at radius 1 is 1.14 bits per heavy atom. The van der Waals surface area contributed by atoms with Crippen LogP contribution < -0.4 is 9.80 Å². The number of sulfone groups is 1. The largest absolute Gasteiger partial charge is 0.338 e. The number of quaternary nitrogens is 1. The number of aryl methyl sites for hydroxylation is 1. The molecular weight excluding hydrogens is 394 g/mol. The number of nitrogens with zero attached hydrogens (tertiary/aromatic N) is 2. The number of carbonyl (C=O) groups excluding carboxylic acids is 1. The van der Waals surface area contributed by atoms with E-state index in [1.54, 1.807) is 23.1 Å². The molecular formula is C20H24N3O3S2+. The number of hydrogen-bond donors (Lipinski definition) is 1. The molecule has 0 saturated carbocycles. The smallest absolute Gasteiger partial charge is 0.261 e. The second kappa shape index (κ2) is 7.98. The highest BCUT2D eigenvalue weighted by Crippen LogP contribution is 2.31. The molecule has 0 fully saturated rings. The molecule has 0 spiro atoms. The van der Waals surface area contributed by atoms with Gasteiger partial charge in [0.25, 0.3) is 5.91 Å². The summed E-state index contributed by atoms with van der Waals surface area (Å²) in [5.74, 6) is -0.348. The van der Waals surface area contributed by atoms with Gasteiger partial charge in [-0.3, -0.25) is 9.69 Å². The van der Waals surface area contributed by atoms with Crippen LogP contribution in [0.1, 0.15) is 15.9 Å². The van der Waals surface area contributed by atoms with Crippen molar-refractivity contribution >= 4 is 42.4 Å². The van der Waals surface area contributed by atoms with E-state index in [1.165, 1.54) is 22.3 Å². The fourth-order valence-corrected chi connectivity index (χ4v) is 4.87. The Kier molecular flexibility index (Phi) is 5.83. The van der Waals surface area contributed by atoms with Gasteiger partial charge in [-0.05, 0) is 30.7 Å². The van der Waals surface area contributed by atoms with Gasteiger partial charge < -0.3 is 4.90 Å². The maximum Gasteiger partial charge on any atom is 0.261 e. The zero-order valence-corrected chi connectivity index (χ0v) is 18.0. The molecule has 6 nitrogen and oxygen atoms in total. The minimum Gasteiger partial charge on any atom is -0.338 e. The van der Waals surface area contributed by atoms with E-state index in [0.717, 1.165) is 22.0 Å². The van der Waals surface area contributed by atoms with Gasteiger partial charge in [0.2, 0.25) is 0 Å². The van der Waals surface area contributed by atoms with Gasteiger partial charge in [0, 0.05) is 6.26 Å². The molecule has 0 unspecified atom stereocenters. The van der Waals surface area contributed by atoms with Crippen molar-refractivity contribution in [3.8, 4) is 0 Å². The average molecular weight is 419 g/mol. The van der Waals surface area contributed by atoms with Crippen molar-refractivity contribution in [2.45, 2.75) is 11.8 Å². The van der Waals surface area contributed by atoms with Gasteiger partial charge in [-0.15, -0.1) is 0 Å². The van der Waals surface area contributed by atoms with Gasteiger partial charge in [-0.1, -0.05) is 35.6 Å². The summed E-state index contributed by atoms with van der Waals surface area (Å²) < 4.78 is 25.4. The van der Waals surface area contributed by atoms with E-state index in [0.29, 0.717) is 18.2 Å². The van der Waals surface area contributed by atoms with Crippen LogP contribution in [0, 0.1) is 6.92 Å². The second-order valence-electron chi connectivity index (χ2n) is 7.10. The van der Waals surface area contributed by atoms with E-state index in [4.69, 9.17) is 4.98 Å². The summed E-state index contributed by atoms with van der Waals surface area (Å²) in [4.78, 5) is 20.9. The molecule has 28 heavy (non-hydrogen) atoms. The van der Waals surface area contributed by atoms with Gasteiger partial charge in [-0.2, -0.15) is 0 Å². The zero-order valence-electron chi connectivity index (χ0n) is 16.4. The first-order valence-electron chi connectivity index (χ1n) is 8.94. The summed E-state index contributed by atoms with van der Waals surface area (Å²) >= 11 is 1.44. The summed E-state index contributed by atoms with van der Waals surface area (Å²) in [5.41, 5.74) is 2.09. The third-order valence-corrected chi connectivity index (χ3v) is 6.64. The molecule has 8 heteroatoms. The normalized spacial score (nSPS) is 11.9. The molecule has 0 saturated heterocycles. The maximum atomic E-state index is 13.4. The maximum absolute atomic E-state index is 13.4. The number of aromatic nitrogens is 1. The van der Waals surface area contributed by atoms with E-state index < -0.39 is 9.84 Å². The molecule has 1 aromatic heterocycles. The third-order valence-electron chi connectivity index (χ3n) is 4.44. The minimum absolute atomic E-state index is 0.0412. The molecule has 0 radical (unpaired) electrons. The van der Waals surface area contributed by atoms with E-state index in [-0.39, 0.29) is 16.4 Å². The number of hydrogen-bond acceptors (Lipinski definition) is 5. The van der Waals surface area contributed by atoms with Crippen molar-refractivity contribution in [2.24, 2.45) is 0 Å². The molecule has 0 aliphatic heterocycles. The van der Waals surface area contributed by atoms with Crippen LogP contribution in [-0.2, 0) is 9.84 Å². The molecule has 0 bridgehead atoms.